The third-order valence-electron chi connectivity index (χ3n) is 1.43. The Morgan fingerprint density at radius 3 is 2.73 bits per heavy atom. The molecule has 1 N–H and O–H groups in total. The number of hydrogen-bond acceptors (Lipinski definition) is 3. The summed E-state index contributed by atoms with van der Waals surface area (Å²) in [7, 11) is 0. The van der Waals surface area contributed by atoms with E-state index in [0.717, 1.165) is 0 Å². The maximum atomic E-state index is 11.4. The zero-order valence-corrected chi connectivity index (χ0v) is 9.07. The Kier molecular flexibility index (Phi) is 2.49. The van der Waals surface area contributed by atoms with E-state index in [9.17, 15) is 4.79 Å². The van der Waals surface area contributed by atoms with Gasteiger partial charge in [0.05, 0.1) is 11.9 Å². The quantitative estimate of drug-likeness (QED) is 0.775. The van der Waals surface area contributed by atoms with Crippen LogP contribution in [0.4, 0.5) is 10.5 Å². The lowest BCUT2D eigenvalue weighted by molar-refractivity contribution is 0.0636. The molecule has 1 amide bonds. The molecule has 0 aromatic carbocycles. The average molecular weight is 210 g/mol. The van der Waals surface area contributed by atoms with E-state index in [4.69, 9.17) is 7.48 Å². The van der Waals surface area contributed by atoms with Gasteiger partial charge in [-0.2, -0.15) is 0 Å². The van der Waals surface area contributed by atoms with Crippen molar-refractivity contribution in [3.8, 4) is 0 Å². The van der Waals surface area contributed by atoms with Crippen molar-refractivity contribution in [1.29, 1.82) is 0 Å². The number of amides is 1. The van der Waals surface area contributed by atoms with Crippen LogP contribution in [0.25, 0.3) is 0 Å². The number of nitrogens with zero attached hydrogens (tertiary/aromatic N) is 1. The van der Waals surface area contributed by atoms with E-state index in [2.05, 4.69) is 10.3 Å². The van der Waals surface area contributed by atoms with Crippen LogP contribution in [0.15, 0.2) is 18.3 Å². The van der Waals surface area contributed by atoms with Gasteiger partial charge in [-0.05, 0) is 39.8 Å². The molecule has 0 unspecified atom stereocenters. The molecule has 0 saturated heterocycles. The van der Waals surface area contributed by atoms with Crippen molar-refractivity contribution in [2.45, 2.75) is 33.2 Å². The molecular weight excluding hydrogens is 192 g/mol. The molecule has 0 spiro atoms. The molecule has 0 aliphatic rings. The van der Waals surface area contributed by atoms with Gasteiger partial charge in [0.2, 0.25) is 0 Å². The minimum Gasteiger partial charge on any atom is -0.444 e. The first kappa shape index (κ1) is 8.71. The molecule has 0 fully saturated rings. The summed E-state index contributed by atoms with van der Waals surface area (Å²) >= 11 is 0. The van der Waals surface area contributed by atoms with Crippen LogP contribution in [0.1, 0.15) is 29.2 Å². The SMILES string of the molecule is [2H]C([2H])c1ccc(NC(=O)OC(C)(C)C)cn1. The van der Waals surface area contributed by atoms with Gasteiger partial charge < -0.3 is 4.74 Å². The fourth-order valence-corrected chi connectivity index (χ4v) is 0.901. The summed E-state index contributed by atoms with van der Waals surface area (Å²) in [6.07, 6.45) is 0.843. The summed E-state index contributed by atoms with van der Waals surface area (Å²) in [4.78, 5) is 15.3. The molecule has 4 nitrogen and oxygen atoms in total. The van der Waals surface area contributed by atoms with Crippen LogP contribution in [-0.2, 0) is 4.74 Å². The molecule has 0 radical (unpaired) electrons. The van der Waals surface area contributed by atoms with E-state index in [-0.39, 0.29) is 0 Å². The fourth-order valence-electron chi connectivity index (χ4n) is 0.901. The van der Waals surface area contributed by atoms with Crippen LogP contribution in [0.3, 0.4) is 0 Å². The van der Waals surface area contributed by atoms with Crippen LogP contribution < -0.4 is 5.32 Å². The molecule has 1 rings (SSSR count). The second-order valence-corrected chi connectivity index (χ2v) is 4.10. The van der Waals surface area contributed by atoms with Crippen LogP contribution in [0, 0.1) is 6.88 Å². The Labute approximate surface area is 92.5 Å². The van der Waals surface area contributed by atoms with Crippen molar-refractivity contribution in [1.82, 2.24) is 4.98 Å². The van der Waals surface area contributed by atoms with Crippen molar-refractivity contribution < 1.29 is 12.3 Å². The molecule has 4 heteroatoms. The summed E-state index contributed by atoms with van der Waals surface area (Å²) in [5.41, 5.74) is 0.258. The molecule has 15 heavy (non-hydrogen) atoms. The largest absolute Gasteiger partial charge is 0.444 e. The van der Waals surface area contributed by atoms with Crippen molar-refractivity contribution in [3.05, 3.63) is 24.0 Å². The number of rotatable bonds is 1. The normalized spacial score (nSPS) is 13.1. The topological polar surface area (TPSA) is 51.2 Å². The monoisotopic (exact) mass is 210 g/mol. The number of nitrogens with one attached hydrogen (secondary N) is 1. The van der Waals surface area contributed by atoms with Gasteiger partial charge in [0.1, 0.15) is 5.60 Å². The van der Waals surface area contributed by atoms with Crippen molar-refractivity contribution in [3.63, 3.8) is 0 Å². The van der Waals surface area contributed by atoms with Gasteiger partial charge in [-0.15, -0.1) is 0 Å². The number of hydrogen-bond donors (Lipinski definition) is 1. The second kappa shape index (κ2) is 4.29. The van der Waals surface area contributed by atoms with Gasteiger partial charge in [0, 0.05) is 8.44 Å². The summed E-state index contributed by atoms with van der Waals surface area (Å²) < 4.78 is 19.3. The molecule has 0 saturated carbocycles. The number of anilines is 1. The molecular formula is C11H16N2O2. The van der Waals surface area contributed by atoms with Gasteiger partial charge in [-0.1, -0.05) is 0 Å². The first-order valence-electron chi connectivity index (χ1n) is 5.74. The highest BCUT2D eigenvalue weighted by Gasteiger charge is 2.15. The third-order valence-corrected chi connectivity index (χ3v) is 1.43. The van der Waals surface area contributed by atoms with Crippen LogP contribution in [-0.4, -0.2) is 16.7 Å². The maximum Gasteiger partial charge on any atom is 0.412 e. The number of pyridine rings is 1. The lowest BCUT2D eigenvalue weighted by Gasteiger charge is -2.19. The fraction of sp³-hybridized carbons (Fsp3) is 0.455. The minimum atomic E-state index is -1.12. The van der Waals surface area contributed by atoms with Crippen LogP contribution in [0.2, 0.25) is 0 Å². The number of ether oxygens (including phenoxy) is 1. The molecule has 1 heterocycles. The predicted molar refractivity (Wildman–Crippen MR) is 58.8 cm³/mol. The van der Waals surface area contributed by atoms with E-state index >= 15 is 0 Å². The Balaban J connectivity index is 2.61. The van der Waals surface area contributed by atoms with E-state index in [1.807, 2.05) is 0 Å². The molecule has 1 aromatic rings. The lowest BCUT2D eigenvalue weighted by atomic mass is 10.2. The van der Waals surface area contributed by atoms with Crippen molar-refractivity contribution in [2.75, 3.05) is 5.32 Å². The smallest absolute Gasteiger partial charge is 0.412 e. The Morgan fingerprint density at radius 1 is 1.53 bits per heavy atom. The third kappa shape index (κ3) is 4.44. The van der Waals surface area contributed by atoms with E-state index in [1.54, 1.807) is 26.8 Å². The van der Waals surface area contributed by atoms with E-state index in [0.29, 0.717) is 11.4 Å². The summed E-state index contributed by atoms with van der Waals surface area (Å²) in [5.74, 6) is 0. The zero-order valence-electron chi connectivity index (χ0n) is 11.1. The molecule has 0 bridgehead atoms. The lowest BCUT2D eigenvalue weighted by Crippen LogP contribution is -2.27. The van der Waals surface area contributed by atoms with Gasteiger partial charge in [0.15, 0.2) is 0 Å². The summed E-state index contributed by atoms with van der Waals surface area (Å²) in [5, 5.41) is 2.52. The molecule has 0 aliphatic carbocycles. The molecule has 1 aromatic heterocycles. The highest BCUT2D eigenvalue weighted by atomic mass is 16.6. The van der Waals surface area contributed by atoms with Gasteiger partial charge >= 0.3 is 6.09 Å². The Hall–Kier alpha value is -1.58. The standard InChI is InChI=1S/C11H16N2O2/c1-8-5-6-9(7-12-8)13-10(14)15-11(2,3)4/h5-7H,1-4H3,(H,13,14)/i1D2. The maximum absolute atomic E-state index is 11.4. The number of aryl methyl sites for hydroxylation is 1. The van der Waals surface area contributed by atoms with Crippen molar-refractivity contribution in [2.24, 2.45) is 0 Å². The van der Waals surface area contributed by atoms with E-state index in [1.165, 1.54) is 12.3 Å². The highest BCUT2D eigenvalue weighted by Crippen LogP contribution is 2.10. The number of carbonyl (C=O) groups excluding carboxylic acids is 1. The van der Waals surface area contributed by atoms with E-state index < -0.39 is 18.6 Å². The second-order valence-electron chi connectivity index (χ2n) is 4.10. The van der Waals surface area contributed by atoms with Gasteiger partial charge in [0.25, 0.3) is 0 Å². The summed E-state index contributed by atoms with van der Waals surface area (Å²) in [6, 6.07) is 3.11. The first-order valence-corrected chi connectivity index (χ1v) is 4.58. The average Bonchev–Trinajstić information content (AvgIpc) is 2.15. The molecule has 0 atom stereocenters. The number of aromatic nitrogens is 1. The Bertz CT molecular complexity index is 385. The zero-order chi connectivity index (χ0) is 13.1. The first-order chi connectivity index (χ1) is 7.78. The van der Waals surface area contributed by atoms with Gasteiger partial charge in [-0.3, -0.25) is 10.3 Å². The van der Waals surface area contributed by atoms with Crippen molar-refractivity contribution >= 4 is 11.8 Å². The van der Waals surface area contributed by atoms with Crippen LogP contribution in [0.5, 0.6) is 0 Å². The number of carbonyl (C=O) groups is 1. The predicted octanol–water partition coefficient (Wildman–Crippen LogP) is 2.74. The molecule has 82 valence electrons. The molecule has 0 aliphatic heterocycles. The highest BCUT2D eigenvalue weighted by molar-refractivity contribution is 5.84. The summed E-state index contributed by atoms with van der Waals surface area (Å²) in [6.45, 7) is 4.21. The van der Waals surface area contributed by atoms with Gasteiger partial charge in [-0.25, -0.2) is 4.79 Å². The Morgan fingerprint density at radius 2 is 2.27 bits per heavy atom. The minimum absolute atomic E-state index is 0.333. The van der Waals surface area contributed by atoms with Crippen LogP contribution >= 0.6 is 0 Å².